The first kappa shape index (κ1) is 13.1. The van der Waals surface area contributed by atoms with Gasteiger partial charge in [0.25, 0.3) is 0 Å². The molecule has 1 rings (SSSR count). The number of amides is 1. The summed E-state index contributed by atoms with van der Waals surface area (Å²) in [6.45, 7) is 4.10. The fourth-order valence-electron chi connectivity index (χ4n) is 1.10. The monoisotopic (exact) mass is 243 g/mol. The number of carbonyl (C=O) groups excluding carboxylic acids is 1. The summed E-state index contributed by atoms with van der Waals surface area (Å²) in [6.07, 6.45) is 1.81. The van der Waals surface area contributed by atoms with Crippen molar-refractivity contribution >= 4 is 17.2 Å². The minimum absolute atomic E-state index is 0.0241. The van der Waals surface area contributed by atoms with E-state index >= 15 is 0 Å². The van der Waals surface area contributed by atoms with Crippen LogP contribution in [0.25, 0.3) is 0 Å². The Bertz CT molecular complexity index is 328. The van der Waals surface area contributed by atoms with Crippen LogP contribution in [-0.4, -0.2) is 37.7 Å². The summed E-state index contributed by atoms with van der Waals surface area (Å²) in [5, 5.41) is 6.70. The minimum atomic E-state index is -0.0241. The fourth-order valence-corrected chi connectivity index (χ4v) is 1.82. The Labute approximate surface area is 99.2 Å². The third-order valence-electron chi connectivity index (χ3n) is 1.87. The van der Waals surface area contributed by atoms with E-state index in [1.54, 1.807) is 18.4 Å². The van der Waals surface area contributed by atoms with Crippen molar-refractivity contribution in [3.63, 3.8) is 0 Å². The molecule has 1 aromatic heterocycles. The van der Waals surface area contributed by atoms with Gasteiger partial charge in [-0.15, -0.1) is 11.3 Å². The van der Waals surface area contributed by atoms with Gasteiger partial charge in [-0.2, -0.15) is 0 Å². The van der Waals surface area contributed by atoms with Crippen molar-refractivity contribution < 1.29 is 9.53 Å². The van der Waals surface area contributed by atoms with Crippen LogP contribution < -0.4 is 10.6 Å². The van der Waals surface area contributed by atoms with Crippen LogP contribution in [0.15, 0.2) is 6.20 Å². The molecule has 5 nitrogen and oxygen atoms in total. The van der Waals surface area contributed by atoms with Gasteiger partial charge in [-0.25, -0.2) is 4.98 Å². The van der Waals surface area contributed by atoms with Crippen molar-refractivity contribution in [3.05, 3.63) is 16.1 Å². The number of nitrogens with zero attached hydrogens (tertiary/aromatic N) is 1. The Morgan fingerprint density at radius 2 is 2.44 bits per heavy atom. The zero-order valence-electron chi connectivity index (χ0n) is 9.58. The summed E-state index contributed by atoms with van der Waals surface area (Å²) >= 11 is 1.60. The van der Waals surface area contributed by atoms with Crippen molar-refractivity contribution in [2.24, 2.45) is 0 Å². The summed E-state index contributed by atoms with van der Waals surface area (Å²) in [6, 6.07) is 0. The molecule has 16 heavy (non-hydrogen) atoms. The lowest BCUT2D eigenvalue weighted by atomic mass is 10.5. The number of carbonyl (C=O) groups is 1. The molecule has 0 atom stereocenters. The molecule has 0 aliphatic rings. The zero-order valence-corrected chi connectivity index (χ0v) is 10.4. The van der Waals surface area contributed by atoms with Gasteiger partial charge in [-0.1, -0.05) is 0 Å². The first-order valence-corrected chi connectivity index (χ1v) is 5.91. The number of hydrogen-bond donors (Lipinski definition) is 2. The molecule has 1 amide bonds. The highest BCUT2D eigenvalue weighted by Gasteiger charge is 2.02. The van der Waals surface area contributed by atoms with Gasteiger partial charge >= 0.3 is 0 Å². The molecular weight excluding hydrogens is 226 g/mol. The molecule has 0 aliphatic carbocycles. The predicted molar refractivity (Wildman–Crippen MR) is 63.4 cm³/mol. The molecule has 0 saturated heterocycles. The van der Waals surface area contributed by atoms with E-state index in [9.17, 15) is 4.79 Å². The minimum Gasteiger partial charge on any atom is -0.383 e. The number of aromatic nitrogens is 1. The number of rotatable bonds is 7. The number of ether oxygens (including phenoxy) is 1. The van der Waals surface area contributed by atoms with E-state index in [-0.39, 0.29) is 5.91 Å². The van der Waals surface area contributed by atoms with E-state index in [4.69, 9.17) is 4.74 Å². The predicted octanol–water partition coefficient (Wildman–Crippen LogP) is 0.304. The van der Waals surface area contributed by atoms with Gasteiger partial charge in [-0.05, 0) is 6.92 Å². The van der Waals surface area contributed by atoms with Crippen molar-refractivity contribution in [2.75, 3.05) is 26.8 Å². The van der Waals surface area contributed by atoms with E-state index < -0.39 is 0 Å². The highest BCUT2D eigenvalue weighted by Crippen LogP contribution is 2.10. The van der Waals surface area contributed by atoms with Gasteiger partial charge < -0.3 is 15.4 Å². The number of methoxy groups -OCH3 is 1. The number of nitrogens with one attached hydrogen (secondary N) is 2. The Hall–Kier alpha value is -0.980. The summed E-state index contributed by atoms with van der Waals surface area (Å²) in [5.74, 6) is -0.0241. The molecule has 0 bridgehead atoms. The first-order valence-electron chi connectivity index (χ1n) is 5.10. The average molecular weight is 243 g/mol. The summed E-state index contributed by atoms with van der Waals surface area (Å²) in [4.78, 5) is 16.7. The normalized spacial score (nSPS) is 10.4. The third-order valence-corrected chi connectivity index (χ3v) is 2.79. The molecule has 0 saturated carbocycles. The van der Waals surface area contributed by atoms with Gasteiger partial charge in [0.05, 0.1) is 19.7 Å². The lowest BCUT2D eigenvalue weighted by Crippen LogP contribution is -2.34. The van der Waals surface area contributed by atoms with E-state index in [1.807, 2.05) is 13.1 Å². The van der Waals surface area contributed by atoms with E-state index in [0.717, 1.165) is 9.88 Å². The quantitative estimate of drug-likeness (QED) is 0.676. The van der Waals surface area contributed by atoms with Gasteiger partial charge in [-0.3, -0.25) is 4.79 Å². The second-order valence-corrected chi connectivity index (χ2v) is 4.63. The summed E-state index contributed by atoms with van der Waals surface area (Å²) in [5.41, 5.74) is 0. The van der Waals surface area contributed by atoms with E-state index in [0.29, 0.717) is 26.2 Å². The van der Waals surface area contributed by atoms with Gasteiger partial charge in [0.2, 0.25) is 5.91 Å². The van der Waals surface area contributed by atoms with E-state index in [2.05, 4.69) is 15.6 Å². The summed E-state index contributed by atoms with van der Waals surface area (Å²) in [7, 11) is 1.63. The SMILES string of the molecule is COCCNCC(=O)NCc1ncc(C)s1. The highest BCUT2D eigenvalue weighted by molar-refractivity contribution is 7.11. The van der Waals surface area contributed by atoms with Crippen LogP contribution in [0.2, 0.25) is 0 Å². The van der Waals surface area contributed by atoms with Crippen LogP contribution in [0.1, 0.15) is 9.88 Å². The van der Waals surface area contributed by atoms with Crippen LogP contribution in [0.3, 0.4) is 0 Å². The fraction of sp³-hybridized carbons (Fsp3) is 0.600. The lowest BCUT2D eigenvalue weighted by Gasteiger charge is -2.04. The van der Waals surface area contributed by atoms with Crippen molar-refractivity contribution in [2.45, 2.75) is 13.5 Å². The number of aryl methyl sites for hydroxylation is 1. The largest absolute Gasteiger partial charge is 0.383 e. The zero-order chi connectivity index (χ0) is 11.8. The standard InChI is InChI=1S/C10H17N3O2S/c1-8-5-13-10(16-8)7-12-9(14)6-11-3-4-15-2/h5,11H,3-4,6-7H2,1-2H3,(H,12,14). The molecule has 2 N–H and O–H groups in total. The molecular formula is C10H17N3O2S. The van der Waals surface area contributed by atoms with Gasteiger partial charge in [0.15, 0.2) is 0 Å². The average Bonchev–Trinajstić information content (AvgIpc) is 2.68. The van der Waals surface area contributed by atoms with Gasteiger partial charge in [0, 0.05) is 24.7 Å². The second kappa shape index (κ2) is 7.32. The van der Waals surface area contributed by atoms with E-state index in [1.165, 1.54) is 0 Å². The maximum Gasteiger partial charge on any atom is 0.234 e. The maximum atomic E-state index is 11.3. The molecule has 0 fully saturated rings. The van der Waals surface area contributed by atoms with Crippen molar-refractivity contribution in [3.8, 4) is 0 Å². The Balaban J connectivity index is 2.10. The number of hydrogen-bond acceptors (Lipinski definition) is 5. The summed E-state index contributed by atoms with van der Waals surface area (Å²) < 4.78 is 4.85. The number of thiazole rings is 1. The van der Waals surface area contributed by atoms with Crippen LogP contribution in [0, 0.1) is 6.92 Å². The Kier molecular flexibility index (Phi) is 5.99. The molecule has 6 heteroatoms. The van der Waals surface area contributed by atoms with Crippen molar-refractivity contribution in [1.82, 2.24) is 15.6 Å². The highest BCUT2D eigenvalue weighted by atomic mass is 32.1. The van der Waals surface area contributed by atoms with Crippen LogP contribution >= 0.6 is 11.3 Å². The van der Waals surface area contributed by atoms with Gasteiger partial charge in [0.1, 0.15) is 5.01 Å². The molecule has 90 valence electrons. The first-order chi connectivity index (χ1) is 7.72. The molecule has 1 heterocycles. The van der Waals surface area contributed by atoms with Crippen LogP contribution in [-0.2, 0) is 16.1 Å². The Morgan fingerprint density at radius 3 is 3.06 bits per heavy atom. The molecule has 0 unspecified atom stereocenters. The molecule has 0 radical (unpaired) electrons. The smallest absolute Gasteiger partial charge is 0.234 e. The van der Waals surface area contributed by atoms with Crippen LogP contribution in [0.5, 0.6) is 0 Å². The molecule has 0 aromatic carbocycles. The molecule has 1 aromatic rings. The second-order valence-electron chi connectivity index (χ2n) is 3.31. The third kappa shape index (κ3) is 5.20. The molecule has 0 spiro atoms. The van der Waals surface area contributed by atoms with Crippen LogP contribution in [0.4, 0.5) is 0 Å². The van der Waals surface area contributed by atoms with Crippen molar-refractivity contribution in [1.29, 1.82) is 0 Å². The Morgan fingerprint density at radius 1 is 1.62 bits per heavy atom. The maximum absolute atomic E-state index is 11.3. The lowest BCUT2D eigenvalue weighted by molar-refractivity contribution is -0.120. The molecule has 0 aliphatic heterocycles. The topological polar surface area (TPSA) is 63.2 Å².